The molecule has 2 aromatic carbocycles. The minimum absolute atomic E-state index is 0.0970. The maximum atomic E-state index is 13.3. The van der Waals surface area contributed by atoms with E-state index in [2.05, 4.69) is 10.3 Å². The van der Waals surface area contributed by atoms with Crippen LogP contribution in [0.5, 0.6) is 0 Å². The van der Waals surface area contributed by atoms with E-state index < -0.39 is 11.7 Å². The molecule has 0 spiro atoms. The van der Waals surface area contributed by atoms with Crippen LogP contribution in [0.15, 0.2) is 59.3 Å². The maximum Gasteiger partial charge on any atom is 0.273 e. The van der Waals surface area contributed by atoms with Crippen LogP contribution in [0.25, 0.3) is 11.3 Å². The lowest BCUT2D eigenvalue weighted by Crippen LogP contribution is -2.26. The Hall–Kier alpha value is -3.02. The third-order valence-corrected chi connectivity index (χ3v) is 3.48. The van der Waals surface area contributed by atoms with E-state index in [1.54, 1.807) is 18.2 Å². The SMILES string of the molecule is O=C(NCCc1ccc(F)cc1)c1ncoc1-c1cccc(F)c1. The van der Waals surface area contributed by atoms with Gasteiger partial charge in [0, 0.05) is 12.1 Å². The molecule has 24 heavy (non-hydrogen) atoms. The number of benzene rings is 2. The predicted molar refractivity (Wildman–Crippen MR) is 84.3 cm³/mol. The highest BCUT2D eigenvalue weighted by atomic mass is 19.1. The maximum absolute atomic E-state index is 13.3. The Morgan fingerprint density at radius 1 is 1.08 bits per heavy atom. The number of amides is 1. The van der Waals surface area contributed by atoms with Gasteiger partial charge < -0.3 is 9.73 Å². The van der Waals surface area contributed by atoms with Gasteiger partial charge in [0.25, 0.3) is 5.91 Å². The molecule has 0 fully saturated rings. The molecule has 3 rings (SSSR count). The molecular formula is C18H14F2N2O2. The molecule has 0 atom stereocenters. The number of nitrogens with one attached hydrogen (secondary N) is 1. The van der Waals surface area contributed by atoms with Crippen molar-refractivity contribution >= 4 is 5.91 Å². The quantitative estimate of drug-likeness (QED) is 0.779. The van der Waals surface area contributed by atoms with Gasteiger partial charge in [0.15, 0.2) is 17.8 Å². The molecule has 0 aliphatic rings. The van der Waals surface area contributed by atoms with E-state index in [0.29, 0.717) is 18.5 Å². The van der Waals surface area contributed by atoms with Gasteiger partial charge in [-0.3, -0.25) is 4.79 Å². The molecule has 4 nitrogen and oxygen atoms in total. The fourth-order valence-corrected chi connectivity index (χ4v) is 2.30. The summed E-state index contributed by atoms with van der Waals surface area (Å²) in [4.78, 5) is 16.2. The van der Waals surface area contributed by atoms with Crippen LogP contribution < -0.4 is 5.32 Å². The summed E-state index contributed by atoms with van der Waals surface area (Å²) in [6, 6.07) is 11.8. The zero-order chi connectivity index (χ0) is 16.9. The van der Waals surface area contributed by atoms with E-state index >= 15 is 0 Å². The van der Waals surface area contributed by atoms with Crippen molar-refractivity contribution in [1.29, 1.82) is 0 Å². The van der Waals surface area contributed by atoms with Gasteiger partial charge in [-0.05, 0) is 36.2 Å². The van der Waals surface area contributed by atoms with Crippen LogP contribution in [0, 0.1) is 11.6 Å². The molecule has 1 N–H and O–H groups in total. The average molecular weight is 328 g/mol. The first-order valence-electron chi connectivity index (χ1n) is 7.35. The molecule has 3 aromatic rings. The average Bonchev–Trinajstić information content (AvgIpc) is 3.06. The number of aromatic nitrogens is 1. The summed E-state index contributed by atoms with van der Waals surface area (Å²) in [5, 5.41) is 2.72. The Bertz CT molecular complexity index is 844. The van der Waals surface area contributed by atoms with Crippen LogP contribution in [0.2, 0.25) is 0 Å². The number of hydrogen-bond acceptors (Lipinski definition) is 3. The molecular weight excluding hydrogens is 314 g/mol. The van der Waals surface area contributed by atoms with E-state index in [9.17, 15) is 13.6 Å². The molecule has 0 radical (unpaired) electrons. The molecule has 0 unspecified atom stereocenters. The van der Waals surface area contributed by atoms with Gasteiger partial charge in [-0.1, -0.05) is 24.3 Å². The lowest BCUT2D eigenvalue weighted by atomic mass is 10.1. The first-order chi connectivity index (χ1) is 11.6. The van der Waals surface area contributed by atoms with Crippen LogP contribution in [0.1, 0.15) is 16.1 Å². The minimum atomic E-state index is -0.424. The number of nitrogens with zero attached hydrogens (tertiary/aromatic N) is 1. The normalized spacial score (nSPS) is 10.6. The lowest BCUT2D eigenvalue weighted by molar-refractivity contribution is 0.0950. The first-order valence-corrected chi connectivity index (χ1v) is 7.35. The largest absolute Gasteiger partial charge is 0.443 e. The van der Waals surface area contributed by atoms with E-state index in [4.69, 9.17) is 4.42 Å². The molecule has 0 saturated heterocycles. The highest BCUT2D eigenvalue weighted by Gasteiger charge is 2.18. The second-order valence-electron chi connectivity index (χ2n) is 5.17. The minimum Gasteiger partial charge on any atom is -0.443 e. The van der Waals surface area contributed by atoms with Crippen molar-refractivity contribution in [3.63, 3.8) is 0 Å². The van der Waals surface area contributed by atoms with E-state index in [-0.39, 0.29) is 17.3 Å². The number of hydrogen-bond donors (Lipinski definition) is 1. The number of rotatable bonds is 5. The van der Waals surface area contributed by atoms with Gasteiger partial charge in [0.2, 0.25) is 0 Å². The van der Waals surface area contributed by atoms with E-state index in [1.807, 2.05) is 0 Å². The van der Waals surface area contributed by atoms with Crippen molar-refractivity contribution in [1.82, 2.24) is 10.3 Å². The summed E-state index contributed by atoms with van der Waals surface area (Å²) in [6.07, 6.45) is 1.70. The van der Waals surface area contributed by atoms with E-state index in [1.165, 1.54) is 30.3 Å². The van der Waals surface area contributed by atoms with Crippen LogP contribution in [-0.2, 0) is 6.42 Å². The monoisotopic (exact) mass is 328 g/mol. The van der Waals surface area contributed by atoms with Gasteiger partial charge in [-0.15, -0.1) is 0 Å². The fraction of sp³-hybridized carbons (Fsp3) is 0.111. The van der Waals surface area contributed by atoms with Crippen molar-refractivity contribution < 1.29 is 18.0 Å². The summed E-state index contributed by atoms with van der Waals surface area (Å²) in [5.74, 6) is -0.921. The Morgan fingerprint density at radius 3 is 2.62 bits per heavy atom. The van der Waals surface area contributed by atoms with Crippen molar-refractivity contribution in [3.8, 4) is 11.3 Å². The number of oxazole rings is 1. The van der Waals surface area contributed by atoms with Gasteiger partial charge >= 0.3 is 0 Å². The van der Waals surface area contributed by atoms with Crippen LogP contribution in [-0.4, -0.2) is 17.4 Å². The summed E-state index contributed by atoms with van der Waals surface area (Å²) < 4.78 is 31.4. The topological polar surface area (TPSA) is 55.1 Å². The summed E-state index contributed by atoms with van der Waals surface area (Å²) in [5.41, 5.74) is 1.44. The molecule has 1 heterocycles. The molecule has 0 bridgehead atoms. The molecule has 1 aromatic heterocycles. The third-order valence-electron chi connectivity index (χ3n) is 3.48. The third kappa shape index (κ3) is 3.65. The molecule has 0 aliphatic heterocycles. The summed E-state index contributed by atoms with van der Waals surface area (Å²) in [6.45, 7) is 0.361. The summed E-state index contributed by atoms with van der Waals surface area (Å²) >= 11 is 0. The molecule has 6 heteroatoms. The second kappa shape index (κ2) is 7.04. The van der Waals surface area contributed by atoms with Gasteiger partial charge in [0.05, 0.1) is 0 Å². The smallest absolute Gasteiger partial charge is 0.273 e. The van der Waals surface area contributed by atoms with Crippen molar-refractivity contribution in [3.05, 3.63) is 77.8 Å². The zero-order valence-electron chi connectivity index (χ0n) is 12.6. The van der Waals surface area contributed by atoms with Crippen LogP contribution in [0.3, 0.4) is 0 Å². The molecule has 0 saturated carbocycles. The van der Waals surface area contributed by atoms with Gasteiger partial charge in [-0.25, -0.2) is 13.8 Å². The summed E-state index contributed by atoms with van der Waals surface area (Å²) in [7, 11) is 0. The van der Waals surface area contributed by atoms with Gasteiger partial charge in [0.1, 0.15) is 11.6 Å². The highest BCUT2D eigenvalue weighted by Crippen LogP contribution is 2.23. The molecule has 0 aliphatic carbocycles. The first kappa shape index (κ1) is 15.9. The fourth-order valence-electron chi connectivity index (χ4n) is 2.30. The predicted octanol–water partition coefficient (Wildman–Crippen LogP) is 3.59. The Kier molecular flexibility index (Phi) is 4.65. The molecule has 1 amide bonds. The molecule has 122 valence electrons. The van der Waals surface area contributed by atoms with E-state index in [0.717, 1.165) is 12.0 Å². The Balaban J connectivity index is 1.66. The van der Waals surface area contributed by atoms with Gasteiger partial charge in [-0.2, -0.15) is 0 Å². The van der Waals surface area contributed by atoms with Crippen LogP contribution >= 0.6 is 0 Å². The Morgan fingerprint density at radius 2 is 1.88 bits per heavy atom. The Labute approximate surface area is 137 Å². The van der Waals surface area contributed by atoms with Crippen LogP contribution in [0.4, 0.5) is 8.78 Å². The number of carbonyl (C=O) groups is 1. The highest BCUT2D eigenvalue weighted by molar-refractivity contribution is 5.97. The number of carbonyl (C=O) groups excluding carboxylic acids is 1. The standard InChI is InChI=1S/C18H14F2N2O2/c19-14-6-4-12(5-7-14)8-9-21-18(23)16-17(24-11-22-16)13-2-1-3-15(20)10-13/h1-7,10-11H,8-9H2,(H,21,23). The van der Waals surface area contributed by atoms with Crippen molar-refractivity contribution in [2.24, 2.45) is 0 Å². The van der Waals surface area contributed by atoms with Crippen molar-refractivity contribution in [2.75, 3.05) is 6.54 Å². The zero-order valence-corrected chi connectivity index (χ0v) is 12.6. The second-order valence-corrected chi connectivity index (χ2v) is 5.17. The number of halogens is 2. The van der Waals surface area contributed by atoms with Crippen molar-refractivity contribution in [2.45, 2.75) is 6.42 Å². The lowest BCUT2D eigenvalue weighted by Gasteiger charge is -2.05.